The molecule has 0 aromatic rings. The molecule has 0 spiro atoms. The maximum Gasteiger partial charge on any atom is 0.252 e. The smallest absolute Gasteiger partial charge is 0.252 e. The van der Waals surface area contributed by atoms with Gasteiger partial charge in [0.25, 0.3) is 8.02 Å². The third kappa shape index (κ3) is 3.65. The summed E-state index contributed by atoms with van der Waals surface area (Å²) in [6.07, 6.45) is -0.235. The van der Waals surface area contributed by atoms with Gasteiger partial charge in [0.05, 0.1) is 12.5 Å². The number of hydrogen-bond donors (Lipinski definition) is 2. The lowest BCUT2D eigenvalue weighted by Gasteiger charge is -2.42. The summed E-state index contributed by atoms with van der Waals surface area (Å²) in [7, 11) is -3.15. The van der Waals surface area contributed by atoms with Crippen LogP contribution in [0.2, 0.25) is 0 Å². The minimum Gasteiger partial charge on any atom is -0.626 e. The number of rotatable bonds is 5. The van der Waals surface area contributed by atoms with Crippen LogP contribution in [0.25, 0.3) is 0 Å². The number of alkyl halides is 2. The van der Waals surface area contributed by atoms with Crippen molar-refractivity contribution in [3.05, 3.63) is 0 Å². The summed E-state index contributed by atoms with van der Waals surface area (Å²) in [6, 6.07) is 0. The zero-order valence-corrected chi connectivity index (χ0v) is 10.6. The Bertz CT molecular complexity index is 203. The zero-order chi connectivity index (χ0) is 11.3. The van der Waals surface area contributed by atoms with E-state index in [1.165, 1.54) is 4.67 Å². The summed E-state index contributed by atoms with van der Waals surface area (Å²) >= 11 is 11.0. The molecule has 1 saturated heterocycles. The van der Waals surface area contributed by atoms with Gasteiger partial charge in [-0.25, -0.2) is 4.52 Å². The maximum atomic E-state index is 12.2. The zero-order valence-electron chi connectivity index (χ0n) is 8.23. The number of aliphatic hydroxyl groups excluding tert-OH is 1. The maximum absolute atomic E-state index is 12.2. The average molecular weight is 277 g/mol. The van der Waals surface area contributed by atoms with Crippen LogP contribution in [0.15, 0.2) is 0 Å². The fourth-order valence-electron chi connectivity index (χ4n) is 1.34. The van der Waals surface area contributed by atoms with Gasteiger partial charge in [0, 0.05) is 19.0 Å². The lowest BCUT2D eigenvalue weighted by molar-refractivity contribution is -0.222. The van der Waals surface area contributed by atoms with Crippen molar-refractivity contribution in [3.8, 4) is 0 Å². The van der Waals surface area contributed by atoms with Crippen LogP contribution < -0.4 is 9.98 Å². The molecule has 1 aliphatic heterocycles. The molecular weight excluding hydrogens is 262 g/mol. The van der Waals surface area contributed by atoms with Gasteiger partial charge < -0.3 is 10.00 Å². The predicted molar refractivity (Wildman–Crippen MR) is 59.6 cm³/mol. The second-order valence-corrected chi connectivity index (χ2v) is 5.92. The number of halogens is 2. The van der Waals surface area contributed by atoms with E-state index in [2.05, 4.69) is 5.09 Å². The van der Waals surface area contributed by atoms with Crippen molar-refractivity contribution in [2.24, 2.45) is 0 Å². The van der Waals surface area contributed by atoms with Crippen LogP contribution in [0.4, 0.5) is 0 Å². The molecule has 0 bridgehead atoms. The average Bonchev–Trinajstić information content (AvgIpc) is 2.26. The molecule has 2 N–H and O–H groups in total. The van der Waals surface area contributed by atoms with Crippen LogP contribution in [0.5, 0.6) is 0 Å². The number of aliphatic hydroxyl groups is 1. The van der Waals surface area contributed by atoms with Crippen LogP contribution in [0, 0.1) is 0 Å². The molecule has 0 radical (unpaired) electrons. The lowest BCUT2D eigenvalue weighted by atomic mass is 10.4. The highest BCUT2D eigenvalue weighted by molar-refractivity contribution is 7.59. The number of hydrogen-bond acceptors (Lipinski definition) is 5. The molecule has 1 rings (SSSR count). The van der Waals surface area contributed by atoms with E-state index in [-0.39, 0.29) is 5.88 Å². The minimum atomic E-state index is -3.15. The molecule has 8 heteroatoms. The van der Waals surface area contributed by atoms with Gasteiger partial charge in [-0.2, -0.15) is 5.09 Å². The van der Waals surface area contributed by atoms with E-state index in [0.29, 0.717) is 25.6 Å². The van der Waals surface area contributed by atoms with Gasteiger partial charge in [0.2, 0.25) is 0 Å². The highest BCUT2D eigenvalue weighted by Gasteiger charge is 2.43. The molecule has 90 valence electrons. The Morgan fingerprint density at radius 2 is 2.33 bits per heavy atom. The van der Waals surface area contributed by atoms with E-state index in [1.807, 2.05) is 0 Å². The van der Waals surface area contributed by atoms with Crippen LogP contribution >= 0.6 is 31.2 Å². The minimum absolute atomic E-state index is 0.00406. The quantitative estimate of drug-likeness (QED) is 0.552. The second kappa shape index (κ2) is 6.52. The summed E-state index contributed by atoms with van der Waals surface area (Å²) in [5.74, 6) is 0.327. The molecule has 1 aliphatic rings. The van der Waals surface area contributed by atoms with Crippen molar-refractivity contribution in [3.63, 3.8) is 0 Å². The Morgan fingerprint density at radius 3 is 2.93 bits per heavy atom. The molecule has 1 heterocycles. The molecular formula is C7H15Cl2N2O3P. The van der Waals surface area contributed by atoms with Gasteiger partial charge in [-0.3, -0.25) is 0 Å². The third-order valence-corrected chi connectivity index (χ3v) is 4.79. The Balaban J connectivity index is 2.62. The first kappa shape index (κ1) is 13.9. The fourth-order valence-corrected chi connectivity index (χ4v) is 3.86. The summed E-state index contributed by atoms with van der Waals surface area (Å²) in [4.78, 5) is 12.2. The standard InChI is InChI=1S/C7H15Cl2N2O3P/c8-2-3-10-15(13)11(7(12)6-9)4-1-5-14-15/h7,12H,1-6H2,(H,10,13). The first-order valence-electron chi connectivity index (χ1n) is 4.71. The summed E-state index contributed by atoms with van der Waals surface area (Å²) in [5, 5.41) is 12.3. The number of nitrogens with zero attached hydrogens (tertiary/aromatic N) is 1. The van der Waals surface area contributed by atoms with E-state index in [4.69, 9.17) is 27.7 Å². The highest BCUT2D eigenvalue weighted by atomic mass is 35.5. The van der Waals surface area contributed by atoms with E-state index in [9.17, 15) is 10.00 Å². The molecule has 0 amide bonds. The van der Waals surface area contributed by atoms with Gasteiger partial charge in [0.15, 0.2) is 6.23 Å². The molecule has 2 atom stereocenters. The van der Waals surface area contributed by atoms with Crippen molar-refractivity contribution in [1.29, 1.82) is 0 Å². The molecule has 15 heavy (non-hydrogen) atoms. The Kier molecular flexibility index (Phi) is 6.03. The van der Waals surface area contributed by atoms with E-state index in [0.717, 1.165) is 6.42 Å². The first-order valence-corrected chi connectivity index (χ1v) is 7.35. The van der Waals surface area contributed by atoms with Crippen molar-refractivity contribution in [2.75, 3.05) is 31.5 Å². The third-order valence-electron chi connectivity index (χ3n) is 2.02. The van der Waals surface area contributed by atoms with Crippen LogP contribution in [0.3, 0.4) is 0 Å². The lowest BCUT2D eigenvalue weighted by Crippen LogP contribution is -2.50. The van der Waals surface area contributed by atoms with Gasteiger partial charge >= 0.3 is 0 Å². The monoisotopic (exact) mass is 276 g/mol. The van der Waals surface area contributed by atoms with Crippen LogP contribution in [-0.4, -0.2) is 47.5 Å². The molecule has 0 aromatic heterocycles. The number of nitrogens with one attached hydrogen (secondary N) is 1. The summed E-state index contributed by atoms with van der Waals surface area (Å²) < 4.78 is 6.57. The molecule has 1 fully saturated rings. The Morgan fingerprint density at radius 1 is 1.60 bits per heavy atom. The van der Waals surface area contributed by atoms with Crippen LogP contribution in [0.1, 0.15) is 6.42 Å². The second-order valence-electron chi connectivity index (χ2n) is 3.10. The highest BCUT2D eigenvalue weighted by Crippen LogP contribution is 2.53. The molecule has 5 nitrogen and oxygen atoms in total. The Hall–Kier alpha value is 0.810. The summed E-state index contributed by atoms with van der Waals surface area (Å²) in [6.45, 7) is 1.28. The van der Waals surface area contributed by atoms with Crippen molar-refractivity contribution < 1.29 is 14.5 Å². The fraction of sp³-hybridized carbons (Fsp3) is 1.00. The first-order chi connectivity index (χ1) is 7.14. The van der Waals surface area contributed by atoms with Crippen molar-refractivity contribution >= 4 is 31.2 Å². The Labute approximate surface area is 99.9 Å². The summed E-state index contributed by atoms with van der Waals surface area (Å²) in [5.41, 5.74) is 0. The van der Waals surface area contributed by atoms with Gasteiger partial charge in [-0.15, -0.1) is 27.9 Å². The SMILES string of the molecule is [O-][P+]1(NCCCl)OCCCN1C(O)CCl. The van der Waals surface area contributed by atoms with Crippen molar-refractivity contribution in [1.82, 2.24) is 9.76 Å². The largest absolute Gasteiger partial charge is 0.626 e. The van der Waals surface area contributed by atoms with E-state index < -0.39 is 14.2 Å². The van der Waals surface area contributed by atoms with Gasteiger partial charge in [0.1, 0.15) is 0 Å². The topological polar surface area (TPSA) is 67.8 Å². The normalized spacial score (nSPS) is 30.4. The van der Waals surface area contributed by atoms with Crippen molar-refractivity contribution in [2.45, 2.75) is 12.6 Å². The molecule has 0 aromatic carbocycles. The van der Waals surface area contributed by atoms with E-state index in [1.54, 1.807) is 0 Å². The van der Waals surface area contributed by atoms with Gasteiger partial charge in [-0.05, 0) is 6.42 Å². The molecule has 0 aliphatic carbocycles. The van der Waals surface area contributed by atoms with Crippen LogP contribution in [-0.2, 0) is 4.52 Å². The molecule has 2 unspecified atom stereocenters. The van der Waals surface area contributed by atoms with E-state index >= 15 is 0 Å². The molecule has 0 saturated carbocycles. The predicted octanol–water partition coefficient (Wildman–Crippen LogP) is 0.132. The van der Waals surface area contributed by atoms with Gasteiger partial charge in [-0.1, -0.05) is 0 Å².